The molecule has 2 heteroatoms. The van der Waals surface area contributed by atoms with Gasteiger partial charge in [0.15, 0.2) is 11.6 Å². The SMILES string of the molecule is C=C(C)C(=O)CC(=O)C(=C)C. The molecule has 0 amide bonds. The van der Waals surface area contributed by atoms with Crippen LogP contribution in [-0.2, 0) is 9.59 Å². The Morgan fingerprint density at radius 2 is 1.27 bits per heavy atom. The van der Waals surface area contributed by atoms with Gasteiger partial charge in [0.25, 0.3) is 0 Å². The van der Waals surface area contributed by atoms with Crippen molar-refractivity contribution in [2.24, 2.45) is 0 Å². The van der Waals surface area contributed by atoms with Crippen molar-refractivity contribution in [2.45, 2.75) is 20.3 Å². The Morgan fingerprint density at radius 3 is 1.45 bits per heavy atom. The Labute approximate surface area is 66.6 Å². The first kappa shape index (κ1) is 9.82. The molecular weight excluding hydrogens is 140 g/mol. The topological polar surface area (TPSA) is 34.1 Å². The highest BCUT2D eigenvalue weighted by Crippen LogP contribution is 2.01. The smallest absolute Gasteiger partial charge is 0.165 e. The van der Waals surface area contributed by atoms with E-state index in [1.165, 1.54) is 0 Å². The van der Waals surface area contributed by atoms with Crippen molar-refractivity contribution in [3.05, 3.63) is 24.3 Å². The van der Waals surface area contributed by atoms with Gasteiger partial charge in [-0.3, -0.25) is 9.59 Å². The van der Waals surface area contributed by atoms with Crippen LogP contribution in [0.25, 0.3) is 0 Å². The molecule has 60 valence electrons. The lowest BCUT2D eigenvalue weighted by Gasteiger charge is -1.97. The molecule has 0 aromatic carbocycles. The Morgan fingerprint density at radius 1 is 1.00 bits per heavy atom. The van der Waals surface area contributed by atoms with E-state index >= 15 is 0 Å². The van der Waals surface area contributed by atoms with Gasteiger partial charge in [0.2, 0.25) is 0 Å². The molecular formula is C9H12O2. The summed E-state index contributed by atoms with van der Waals surface area (Å²) in [5, 5.41) is 0. The van der Waals surface area contributed by atoms with Gasteiger partial charge in [0.1, 0.15) is 0 Å². The molecule has 0 spiro atoms. The highest BCUT2D eigenvalue weighted by atomic mass is 16.1. The molecule has 0 atom stereocenters. The largest absolute Gasteiger partial charge is 0.294 e. The summed E-state index contributed by atoms with van der Waals surface area (Å²) < 4.78 is 0. The van der Waals surface area contributed by atoms with E-state index in [-0.39, 0.29) is 18.0 Å². The first-order chi connectivity index (χ1) is 4.95. The summed E-state index contributed by atoms with van der Waals surface area (Å²) in [6.45, 7) is 10.1. The lowest BCUT2D eigenvalue weighted by molar-refractivity contribution is -0.123. The van der Waals surface area contributed by atoms with Crippen LogP contribution >= 0.6 is 0 Å². The van der Waals surface area contributed by atoms with Gasteiger partial charge in [-0.2, -0.15) is 0 Å². The molecule has 0 aliphatic rings. The first-order valence-corrected chi connectivity index (χ1v) is 3.32. The maximum atomic E-state index is 10.9. The summed E-state index contributed by atoms with van der Waals surface area (Å²) >= 11 is 0. The molecule has 0 aromatic heterocycles. The number of rotatable bonds is 4. The molecule has 2 nitrogen and oxygen atoms in total. The minimum Gasteiger partial charge on any atom is -0.294 e. The fourth-order valence-electron chi connectivity index (χ4n) is 0.448. The van der Waals surface area contributed by atoms with E-state index in [1.54, 1.807) is 13.8 Å². The Kier molecular flexibility index (Phi) is 3.45. The van der Waals surface area contributed by atoms with Crippen LogP contribution in [0.2, 0.25) is 0 Å². The van der Waals surface area contributed by atoms with Gasteiger partial charge < -0.3 is 0 Å². The Bertz CT molecular complexity index is 200. The molecule has 0 fully saturated rings. The second-order valence-electron chi connectivity index (χ2n) is 2.58. The van der Waals surface area contributed by atoms with Gasteiger partial charge in [-0.05, 0) is 25.0 Å². The molecule has 0 aliphatic carbocycles. The molecule has 0 saturated heterocycles. The summed E-state index contributed by atoms with van der Waals surface area (Å²) in [7, 11) is 0. The summed E-state index contributed by atoms with van der Waals surface area (Å²) in [4.78, 5) is 21.8. The molecule has 0 unspecified atom stereocenters. The predicted octanol–water partition coefficient (Wildman–Crippen LogP) is 1.67. The third-order valence-corrected chi connectivity index (χ3v) is 1.27. The van der Waals surface area contributed by atoms with E-state index in [9.17, 15) is 9.59 Å². The zero-order chi connectivity index (χ0) is 9.02. The molecule has 11 heavy (non-hydrogen) atoms. The zero-order valence-corrected chi connectivity index (χ0v) is 6.94. The number of carbonyl (C=O) groups excluding carboxylic acids is 2. The summed E-state index contributed by atoms with van der Waals surface area (Å²) in [5.41, 5.74) is 0.833. The maximum Gasteiger partial charge on any atom is 0.165 e. The summed E-state index contributed by atoms with van der Waals surface area (Å²) in [5.74, 6) is -0.420. The summed E-state index contributed by atoms with van der Waals surface area (Å²) in [6.07, 6.45) is -0.0926. The molecule has 0 saturated carbocycles. The third kappa shape index (κ3) is 3.50. The third-order valence-electron chi connectivity index (χ3n) is 1.27. The van der Waals surface area contributed by atoms with Crippen LogP contribution in [0.1, 0.15) is 20.3 Å². The van der Waals surface area contributed by atoms with Crippen LogP contribution in [0.4, 0.5) is 0 Å². The van der Waals surface area contributed by atoms with Gasteiger partial charge in [-0.1, -0.05) is 13.2 Å². The van der Waals surface area contributed by atoms with Crippen molar-refractivity contribution in [1.82, 2.24) is 0 Å². The van der Waals surface area contributed by atoms with Gasteiger partial charge >= 0.3 is 0 Å². The minimum atomic E-state index is -0.210. The van der Waals surface area contributed by atoms with Crippen molar-refractivity contribution in [2.75, 3.05) is 0 Å². The van der Waals surface area contributed by atoms with Crippen LogP contribution in [0.3, 0.4) is 0 Å². The number of ketones is 2. The summed E-state index contributed by atoms with van der Waals surface area (Å²) in [6, 6.07) is 0. The van der Waals surface area contributed by atoms with E-state index in [0.717, 1.165) is 0 Å². The number of carbonyl (C=O) groups is 2. The Hall–Kier alpha value is -1.18. The molecule has 0 rings (SSSR count). The van der Waals surface area contributed by atoms with E-state index in [1.807, 2.05) is 0 Å². The number of hydrogen-bond acceptors (Lipinski definition) is 2. The fourth-order valence-corrected chi connectivity index (χ4v) is 0.448. The van der Waals surface area contributed by atoms with Gasteiger partial charge in [-0.15, -0.1) is 0 Å². The number of Topliss-reactive ketones (excluding diaryl/α,β-unsaturated/α-hetero) is 2. The maximum absolute atomic E-state index is 10.9. The van der Waals surface area contributed by atoms with Crippen molar-refractivity contribution >= 4 is 11.6 Å². The van der Waals surface area contributed by atoms with Crippen LogP contribution in [0.15, 0.2) is 24.3 Å². The molecule has 0 radical (unpaired) electrons. The average Bonchev–Trinajstić information content (AvgIpc) is 1.87. The van der Waals surface area contributed by atoms with Crippen molar-refractivity contribution < 1.29 is 9.59 Å². The molecule has 0 heterocycles. The van der Waals surface area contributed by atoms with Crippen LogP contribution in [0.5, 0.6) is 0 Å². The van der Waals surface area contributed by atoms with Crippen molar-refractivity contribution in [3.8, 4) is 0 Å². The number of hydrogen-bond donors (Lipinski definition) is 0. The molecule has 0 aromatic rings. The van der Waals surface area contributed by atoms with E-state index in [4.69, 9.17) is 0 Å². The van der Waals surface area contributed by atoms with Gasteiger partial charge in [0, 0.05) is 0 Å². The minimum absolute atomic E-state index is 0.0926. The highest BCUT2D eigenvalue weighted by Gasteiger charge is 2.09. The van der Waals surface area contributed by atoms with Crippen LogP contribution in [0, 0.1) is 0 Å². The van der Waals surface area contributed by atoms with E-state index < -0.39 is 0 Å². The highest BCUT2D eigenvalue weighted by molar-refractivity contribution is 6.12. The van der Waals surface area contributed by atoms with Crippen molar-refractivity contribution in [1.29, 1.82) is 0 Å². The zero-order valence-electron chi connectivity index (χ0n) is 6.94. The normalized spacial score (nSPS) is 8.91. The lowest BCUT2D eigenvalue weighted by Crippen LogP contribution is -2.08. The van der Waals surface area contributed by atoms with Gasteiger partial charge in [0.05, 0.1) is 6.42 Å². The molecule has 0 N–H and O–H groups in total. The second-order valence-corrected chi connectivity index (χ2v) is 2.58. The fraction of sp³-hybridized carbons (Fsp3) is 0.333. The van der Waals surface area contributed by atoms with Crippen molar-refractivity contribution in [3.63, 3.8) is 0 Å². The standard InChI is InChI=1S/C9H12O2/c1-6(2)8(10)5-9(11)7(3)4/h1,3,5H2,2,4H3. The molecule has 0 bridgehead atoms. The monoisotopic (exact) mass is 152 g/mol. The van der Waals surface area contributed by atoms with Gasteiger partial charge in [-0.25, -0.2) is 0 Å². The number of allylic oxidation sites excluding steroid dienone is 2. The molecule has 0 aliphatic heterocycles. The van der Waals surface area contributed by atoms with Crippen LogP contribution in [-0.4, -0.2) is 11.6 Å². The van der Waals surface area contributed by atoms with Crippen LogP contribution < -0.4 is 0 Å². The average molecular weight is 152 g/mol. The quantitative estimate of drug-likeness (QED) is 0.453. The first-order valence-electron chi connectivity index (χ1n) is 3.32. The lowest BCUT2D eigenvalue weighted by atomic mass is 10.1. The predicted molar refractivity (Wildman–Crippen MR) is 44.3 cm³/mol. The van der Waals surface area contributed by atoms with E-state index in [2.05, 4.69) is 13.2 Å². The van der Waals surface area contributed by atoms with E-state index in [0.29, 0.717) is 11.1 Å². The second kappa shape index (κ2) is 3.86. The Balaban J connectivity index is 4.07.